The van der Waals surface area contributed by atoms with Gasteiger partial charge in [0.1, 0.15) is 0 Å². The molecule has 1 amide bonds. The summed E-state index contributed by atoms with van der Waals surface area (Å²) in [7, 11) is 0. The third kappa shape index (κ3) is 3.98. The van der Waals surface area contributed by atoms with E-state index in [9.17, 15) is 4.79 Å². The summed E-state index contributed by atoms with van der Waals surface area (Å²) in [5.74, 6) is 0.934. The van der Waals surface area contributed by atoms with E-state index in [4.69, 9.17) is 0 Å². The van der Waals surface area contributed by atoms with Crippen molar-refractivity contribution >= 4 is 5.91 Å². The van der Waals surface area contributed by atoms with Crippen LogP contribution in [-0.2, 0) is 4.79 Å². The van der Waals surface area contributed by atoms with Crippen LogP contribution in [0.3, 0.4) is 0 Å². The second-order valence-corrected chi connectivity index (χ2v) is 6.05. The molecule has 2 fully saturated rings. The number of nitrogens with one attached hydrogen (secondary N) is 2. The van der Waals surface area contributed by atoms with E-state index in [-0.39, 0.29) is 11.9 Å². The van der Waals surface area contributed by atoms with Crippen molar-refractivity contribution in [3.8, 4) is 0 Å². The molecule has 0 aromatic heterocycles. The van der Waals surface area contributed by atoms with E-state index in [1.165, 1.54) is 51.4 Å². The SMILES string of the molecule is C[C@H](NC(=O)C1CCCCCN1)C1CCCCC1. The van der Waals surface area contributed by atoms with Crippen LogP contribution in [0, 0.1) is 5.92 Å². The van der Waals surface area contributed by atoms with Crippen LogP contribution in [0.4, 0.5) is 0 Å². The molecule has 104 valence electrons. The fourth-order valence-corrected chi connectivity index (χ4v) is 3.33. The molecule has 0 bridgehead atoms. The standard InChI is InChI=1S/C15H28N2O/c1-12(13-8-4-2-5-9-13)17-15(18)14-10-6-3-7-11-16-14/h12-14,16H,2-11H2,1H3,(H,17,18)/t12-,14?/m0/s1. The molecule has 2 aliphatic rings. The minimum absolute atomic E-state index is 0.0542. The molecule has 0 spiro atoms. The van der Waals surface area contributed by atoms with Crippen LogP contribution in [-0.4, -0.2) is 24.5 Å². The highest BCUT2D eigenvalue weighted by molar-refractivity contribution is 5.82. The largest absolute Gasteiger partial charge is 0.352 e. The Bertz CT molecular complexity index is 253. The molecule has 0 radical (unpaired) electrons. The monoisotopic (exact) mass is 252 g/mol. The van der Waals surface area contributed by atoms with Gasteiger partial charge < -0.3 is 10.6 Å². The van der Waals surface area contributed by atoms with E-state index < -0.39 is 0 Å². The van der Waals surface area contributed by atoms with Gasteiger partial charge in [-0.1, -0.05) is 32.1 Å². The maximum atomic E-state index is 12.2. The number of carbonyl (C=O) groups is 1. The van der Waals surface area contributed by atoms with Crippen LogP contribution in [0.25, 0.3) is 0 Å². The third-order valence-electron chi connectivity index (χ3n) is 4.60. The molecule has 3 heteroatoms. The molecule has 2 rings (SSSR count). The first kappa shape index (κ1) is 13.9. The molecule has 2 atom stereocenters. The van der Waals surface area contributed by atoms with E-state index >= 15 is 0 Å². The summed E-state index contributed by atoms with van der Waals surface area (Å²) in [6, 6.07) is 0.404. The first-order chi connectivity index (χ1) is 8.77. The molecule has 2 N–H and O–H groups in total. The van der Waals surface area contributed by atoms with Gasteiger partial charge in [-0.2, -0.15) is 0 Å². The maximum absolute atomic E-state index is 12.2. The zero-order valence-corrected chi connectivity index (χ0v) is 11.7. The van der Waals surface area contributed by atoms with Gasteiger partial charge in [0.25, 0.3) is 0 Å². The van der Waals surface area contributed by atoms with E-state index in [0.717, 1.165) is 13.0 Å². The van der Waals surface area contributed by atoms with Gasteiger partial charge in [-0.25, -0.2) is 0 Å². The van der Waals surface area contributed by atoms with E-state index in [0.29, 0.717) is 12.0 Å². The second kappa shape index (κ2) is 7.13. The van der Waals surface area contributed by atoms with Gasteiger partial charge in [0, 0.05) is 6.04 Å². The van der Waals surface area contributed by atoms with Crippen LogP contribution in [0.1, 0.15) is 64.7 Å². The molecule has 0 aromatic rings. The molecule has 1 saturated carbocycles. The Morgan fingerprint density at radius 2 is 1.72 bits per heavy atom. The summed E-state index contributed by atoms with van der Waals surface area (Å²) in [5, 5.41) is 6.62. The molecular weight excluding hydrogens is 224 g/mol. The number of amides is 1. The number of rotatable bonds is 3. The molecule has 3 nitrogen and oxygen atoms in total. The Balaban J connectivity index is 1.77. The number of hydrogen-bond acceptors (Lipinski definition) is 2. The molecule has 1 saturated heterocycles. The molecule has 18 heavy (non-hydrogen) atoms. The Morgan fingerprint density at radius 3 is 2.50 bits per heavy atom. The summed E-state index contributed by atoms with van der Waals surface area (Å²) in [4.78, 5) is 12.2. The number of carbonyl (C=O) groups excluding carboxylic acids is 1. The Hall–Kier alpha value is -0.570. The highest BCUT2D eigenvalue weighted by Gasteiger charge is 2.25. The molecule has 1 heterocycles. The highest BCUT2D eigenvalue weighted by Crippen LogP contribution is 2.26. The lowest BCUT2D eigenvalue weighted by molar-refractivity contribution is -0.124. The van der Waals surface area contributed by atoms with E-state index in [1.807, 2.05) is 0 Å². The van der Waals surface area contributed by atoms with Crippen molar-refractivity contribution in [1.29, 1.82) is 0 Å². The van der Waals surface area contributed by atoms with Gasteiger partial charge in [0.05, 0.1) is 6.04 Å². The van der Waals surface area contributed by atoms with Gasteiger partial charge in [0.15, 0.2) is 0 Å². The predicted molar refractivity (Wildman–Crippen MR) is 74.4 cm³/mol. The zero-order valence-electron chi connectivity index (χ0n) is 11.7. The summed E-state index contributed by atoms with van der Waals surface area (Å²) in [6.07, 6.45) is 11.3. The first-order valence-electron chi connectivity index (χ1n) is 7.81. The van der Waals surface area contributed by atoms with Gasteiger partial charge >= 0.3 is 0 Å². The van der Waals surface area contributed by atoms with E-state index in [2.05, 4.69) is 17.6 Å². The van der Waals surface area contributed by atoms with Crippen molar-refractivity contribution in [3.05, 3.63) is 0 Å². The van der Waals surface area contributed by atoms with Crippen LogP contribution in [0.2, 0.25) is 0 Å². The Labute approximate surface area is 111 Å². The fourth-order valence-electron chi connectivity index (χ4n) is 3.33. The maximum Gasteiger partial charge on any atom is 0.237 e. The predicted octanol–water partition coefficient (Wildman–Crippen LogP) is 2.60. The van der Waals surface area contributed by atoms with Gasteiger partial charge in [0.2, 0.25) is 5.91 Å². The third-order valence-corrected chi connectivity index (χ3v) is 4.60. The Morgan fingerprint density at radius 1 is 1.06 bits per heavy atom. The van der Waals surface area contributed by atoms with Crippen molar-refractivity contribution in [2.75, 3.05) is 6.54 Å². The van der Waals surface area contributed by atoms with Crippen LogP contribution in [0.5, 0.6) is 0 Å². The smallest absolute Gasteiger partial charge is 0.237 e. The molecule has 1 aliphatic heterocycles. The van der Waals surface area contributed by atoms with Crippen LogP contribution in [0.15, 0.2) is 0 Å². The van der Waals surface area contributed by atoms with Gasteiger partial charge in [-0.3, -0.25) is 4.79 Å². The second-order valence-electron chi connectivity index (χ2n) is 6.05. The fraction of sp³-hybridized carbons (Fsp3) is 0.933. The minimum atomic E-state index is 0.0542. The van der Waals surface area contributed by atoms with Crippen LogP contribution >= 0.6 is 0 Å². The molecule has 0 aromatic carbocycles. The van der Waals surface area contributed by atoms with Crippen molar-refractivity contribution < 1.29 is 4.79 Å². The highest BCUT2D eigenvalue weighted by atomic mass is 16.2. The molecule has 1 unspecified atom stereocenters. The molecule has 1 aliphatic carbocycles. The minimum Gasteiger partial charge on any atom is -0.352 e. The average molecular weight is 252 g/mol. The zero-order chi connectivity index (χ0) is 12.8. The summed E-state index contributed by atoms with van der Waals surface area (Å²) >= 11 is 0. The lowest BCUT2D eigenvalue weighted by Crippen LogP contribution is -2.48. The van der Waals surface area contributed by atoms with E-state index in [1.54, 1.807) is 0 Å². The summed E-state index contributed by atoms with van der Waals surface area (Å²) in [6.45, 7) is 3.18. The Kier molecular flexibility index (Phi) is 5.48. The topological polar surface area (TPSA) is 41.1 Å². The van der Waals surface area contributed by atoms with Crippen LogP contribution < -0.4 is 10.6 Å². The van der Waals surface area contributed by atoms with Gasteiger partial charge in [-0.15, -0.1) is 0 Å². The van der Waals surface area contributed by atoms with Crippen molar-refractivity contribution in [2.24, 2.45) is 5.92 Å². The summed E-state index contributed by atoms with van der Waals surface area (Å²) < 4.78 is 0. The lowest BCUT2D eigenvalue weighted by Gasteiger charge is -2.29. The van der Waals surface area contributed by atoms with Crippen molar-refractivity contribution in [3.63, 3.8) is 0 Å². The van der Waals surface area contributed by atoms with Crippen molar-refractivity contribution in [2.45, 2.75) is 76.8 Å². The quantitative estimate of drug-likeness (QED) is 0.810. The van der Waals surface area contributed by atoms with Gasteiger partial charge in [-0.05, 0) is 45.1 Å². The average Bonchev–Trinajstić information content (AvgIpc) is 2.68. The molecular formula is C15H28N2O. The normalized spacial score (nSPS) is 28.4. The summed E-state index contributed by atoms with van der Waals surface area (Å²) in [5.41, 5.74) is 0. The first-order valence-corrected chi connectivity index (χ1v) is 7.81. The van der Waals surface area contributed by atoms with Crippen molar-refractivity contribution in [1.82, 2.24) is 10.6 Å². The lowest BCUT2D eigenvalue weighted by atomic mass is 9.84. The number of hydrogen-bond donors (Lipinski definition) is 2.